The minimum absolute atomic E-state index is 0.0472. The summed E-state index contributed by atoms with van der Waals surface area (Å²) < 4.78 is 10.2. The third-order valence-corrected chi connectivity index (χ3v) is 3.04. The maximum Gasteiger partial charge on any atom is 0.234 e. The molecule has 1 amide bonds. The topological polar surface area (TPSA) is 93.8 Å². The zero-order valence-electron chi connectivity index (χ0n) is 12.3. The molecule has 0 aliphatic heterocycles. The molecule has 20 heavy (non-hydrogen) atoms. The first-order valence-electron chi connectivity index (χ1n) is 6.37. The van der Waals surface area contributed by atoms with Crippen molar-refractivity contribution in [2.45, 2.75) is 26.4 Å². The fourth-order valence-electron chi connectivity index (χ4n) is 1.94. The third kappa shape index (κ3) is 3.77. The molecule has 6 nitrogen and oxygen atoms in total. The van der Waals surface area contributed by atoms with Crippen molar-refractivity contribution in [2.75, 3.05) is 14.2 Å². The third-order valence-electron chi connectivity index (χ3n) is 3.04. The van der Waals surface area contributed by atoms with E-state index in [2.05, 4.69) is 5.32 Å². The van der Waals surface area contributed by atoms with E-state index in [1.54, 1.807) is 12.1 Å². The molecular formula is C14H22N2O4. The van der Waals surface area contributed by atoms with Crippen molar-refractivity contribution in [2.24, 2.45) is 11.7 Å². The molecule has 1 rings (SSSR count). The molecule has 1 aromatic carbocycles. The van der Waals surface area contributed by atoms with E-state index < -0.39 is 11.9 Å². The summed E-state index contributed by atoms with van der Waals surface area (Å²) in [6.45, 7) is 4.25. The Morgan fingerprint density at radius 3 is 2.15 bits per heavy atom. The fourth-order valence-corrected chi connectivity index (χ4v) is 1.94. The number of benzene rings is 1. The molecule has 0 aliphatic rings. The number of nitrogens with one attached hydrogen (secondary N) is 1. The van der Waals surface area contributed by atoms with Crippen LogP contribution < -0.4 is 20.5 Å². The summed E-state index contributed by atoms with van der Waals surface area (Å²) in [6, 6.07) is 2.95. The second-order valence-electron chi connectivity index (χ2n) is 4.85. The van der Waals surface area contributed by atoms with Crippen molar-refractivity contribution in [3.05, 3.63) is 17.7 Å². The van der Waals surface area contributed by atoms with Crippen molar-refractivity contribution in [1.82, 2.24) is 5.32 Å². The predicted molar refractivity (Wildman–Crippen MR) is 75.9 cm³/mol. The van der Waals surface area contributed by atoms with Gasteiger partial charge >= 0.3 is 0 Å². The number of hydrogen-bond acceptors (Lipinski definition) is 5. The van der Waals surface area contributed by atoms with Crippen LogP contribution in [0.3, 0.4) is 0 Å². The number of amides is 1. The Balaban J connectivity index is 2.90. The smallest absolute Gasteiger partial charge is 0.234 e. The van der Waals surface area contributed by atoms with E-state index in [4.69, 9.17) is 15.2 Å². The summed E-state index contributed by atoms with van der Waals surface area (Å²) in [4.78, 5) is 11.3. The lowest BCUT2D eigenvalue weighted by Crippen LogP contribution is -2.44. The molecule has 0 heterocycles. The van der Waals surface area contributed by atoms with Gasteiger partial charge in [0, 0.05) is 6.54 Å². The second-order valence-corrected chi connectivity index (χ2v) is 4.85. The van der Waals surface area contributed by atoms with Gasteiger partial charge in [0.25, 0.3) is 0 Å². The Morgan fingerprint density at radius 2 is 1.80 bits per heavy atom. The highest BCUT2D eigenvalue weighted by Crippen LogP contribution is 2.37. The molecule has 4 N–H and O–H groups in total. The minimum Gasteiger partial charge on any atom is -0.502 e. The largest absolute Gasteiger partial charge is 0.502 e. The molecule has 0 aliphatic carbocycles. The molecule has 0 spiro atoms. The molecule has 0 saturated carbocycles. The van der Waals surface area contributed by atoms with Crippen LogP contribution in [0.25, 0.3) is 0 Å². The molecule has 1 aromatic rings. The maximum atomic E-state index is 11.3. The van der Waals surface area contributed by atoms with E-state index in [-0.39, 0.29) is 11.7 Å². The lowest BCUT2D eigenvalue weighted by Gasteiger charge is -2.19. The Labute approximate surface area is 118 Å². The monoisotopic (exact) mass is 282 g/mol. The van der Waals surface area contributed by atoms with Gasteiger partial charge in [-0.25, -0.2) is 0 Å². The molecule has 1 atom stereocenters. The number of primary amides is 1. The minimum atomic E-state index is -0.416. The molecule has 0 bridgehead atoms. The average Bonchev–Trinajstić information content (AvgIpc) is 2.39. The second kappa shape index (κ2) is 7.00. The van der Waals surface area contributed by atoms with Gasteiger partial charge in [0.05, 0.1) is 20.3 Å². The van der Waals surface area contributed by atoms with E-state index in [1.807, 2.05) is 13.8 Å². The zero-order valence-corrected chi connectivity index (χ0v) is 12.3. The van der Waals surface area contributed by atoms with E-state index >= 15 is 0 Å². The predicted octanol–water partition coefficient (Wildman–Crippen LogP) is 1.01. The van der Waals surface area contributed by atoms with Crippen LogP contribution in [-0.2, 0) is 11.3 Å². The normalized spacial score (nSPS) is 12.2. The summed E-state index contributed by atoms with van der Waals surface area (Å²) >= 11 is 0. The number of carbonyl (C=O) groups is 1. The lowest BCUT2D eigenvalue weighted by atomic mass is 10.0. The fraction of sp³-hybridized carbons (Fsp3) is 0.500. The molecule has 0 radical (unpaired) electrons. The van der Waals surface area contributed by atoms with Gasteiger partial charge < -0.3 is 25.6 Å². The highest BCUT2D eigenvalue weighted by atomic mass is 16.5. The maximum absolute atomic E-state index is 11.3. The Kier molecular flexibility index (Phi) is 5.64. The molecule has 0 aromatic heterocycles. The molecule has 0 fully saturated rings. The van der Waals surface area contributed by atoms with Gasteiger partial charge in [0.1, 0.15) is 0 Å². The highest BCUT2D eigenvalue weighted by Gasteiger charge is 2.19. The number of phenols is 1. The van der Waals surface area contributed by atoms with Crippen molar-refractivity contribution in [3.63, 3.8) is 0 Å². The number of nitrogens with two attached hydrogens (primary N) is 1. The summed E-state index contributed by atoms with van der Waals surface area (Å²) in [7, 11) is 2.93. The van der Waals surface area contributed by atoms with Crippen molar-refractivity contribution in [3.8, 4) is 17.2 Å². The van der Waals surface area contributed by atoms with Gasteiger partial charge in [-0.3, -0.25) is 4.79 Å². The number of ether oxygens (including phenoxy) is 2. The average molecular weight is 282 g/mol. The summed E-state index contributed by atoms with van der Waals surface area (Å²) in [5.74, 6) is 0.294. The van der Waals surface area contributed by atoms with Gasteiger partial charge in [-0.05, 0) is 23.6 Å². The SMILES string of the molecule is COc1cc(CNC(C(N)=O)C(C)C)cc(OC)c1O. The van der Waals surface area contributed by atoms with Crippen LogP contribution >= 0.6 is 0 Å². The molecule has 1 unspecified atom stereocenters. The molecule has 0 saturated heterocycles. The number of methoxy groups -OCH3 is 2. The molecule has 112 valence electrons. The van der Waals surface area contributed by atoms with Crippen molar-refractivity contribution in [1.29, 1.82) is 0 Å². The van der Waals surface area contributed by atoms with Crippen LogP contribution in [0.1, 0.15) is 19.4 Å². The van der Waals surface area contributed by atoms with Gasteiger partial charge in [0.2, 0.25) is 11.7 Å². The Morgan fingerprint density at radius 1 is 1.30 bits per heavy atom. The first kappa shape index (κ1) is 16.1. The molecular weight excluding hydrogens is 260 g/mol. The number of aromatic hydroxyl groups is 1. The Hall–Kier alpha value is -1.95. The van der Waals surface area contributed by atoms with Gasteiger partial charge in [-0.2, -0.15) is 0 Å². The van der Waals surface area contributed by atoms with Crippen molar-refractivity contribution >= 4 is 5.91 Å². The summed E-state index contributed by atoms with van der Waals surface area (Å²) in [6.07, 6.45) is 0. The lowest BCUT2D eigenvalue weighted by molar-refractivity contribution is -0.121. The van der Waals surface area contributed by atoms with E-state index in [0.717, 1.165) is 5.56 Å². The van der Waals surface area contributed by atoms with Gasteiger partial charge in [-0.15, -0.1) is 0 Å². The first-order chi connectivity index (χ1) is 9.40. The number of hydrogen-bond donors (Lipinski definition) is 3. The van der Waals surface area contributed by atoms with Crippen LogP contribution in [0.15, 0.2) is 12.1 Å². The quantitative estimate of drug-likeness (QED) is 0.694. The summed E-state index contributed by atoms with van der Waals surface area (Å²) in [5, 5.41) is 12.9. The standard InChI is InChI=1S/C14H22N2O4/c1-8(2)12(14(15)18)16-7-9-5-10(19-3)13(17)11(6-9)20-4/h5-6,8,12,16-17H,7H2,1-4H3,(H2,15,18). The molecule has 6 heteroatoms. The van der Waals surface area contributed by atoms with E-state index in [1.165, 1.54) is 14.2 Å². The van der Waals surface area contributed by atoms with Gasteiger partial charge in [0.15, 0.2) is 11.5 Å². The first-order valence-corrected chi connectivity index (χ1v) is 6.37. The van der Waals surface area contributed by atoms with E-state index in [0.29, 0.717) is 18.0 Å². The van der Waals surface area contributed by atoms with Gasteiger partial charge in [-0.1, -0.05) is 13.8 Å². The number of phenolic OH excluding ortho intramolecular Hbond substituents is 1. The number of rotatable bonds is 7. The van der Waals surface area contributed by atoms with Crippen LogP contribution in [0, 0.1) is 5.92 Å². The Bertz CT molecular complexity index is 449. The van der Waals surface area contributed by atoms with Crippen LogP contribution in [0.2, 0.25) is 0 Å². The highest BCUT2D eigenvalue weighted by molar-refractivity contribution is 5.80. The van der Waals surface area contributed by atoms with Crippen LogP contribution in [-0.4, -0.2) is 31.3 Å². The zero-order chi connectivity index (χ0) is 15.3. The summed E-state index contributed by atoms with van der Waals surface area (Å²) in [5.41, 5.74) is 6.17. The van der Waals surface area contributed by atoms with Crippen LogP contribution in [0.5, 0.6) is 17.2 Å². The van der Waals surface area contributed by atoms with Crippen LogP contribution in [0.4, 0.5) is 0 Å². The van der Waals surface area contributed by atoms with E-state index in [9.17, 15) is 9.90 Å². The van der Waals surface area contributed by atoms with Crippen molar-refractivity contribution < 1.29 is 19.4 Å². The number of carbonyl (C=O) groups excluding carboxylic acids is 1.